The van der Waals surface area contributed by atoms with E-state index < -0.39 is 58.5 Å². The zero-order chi connectivity index (χ0) is 106. The standard InChI is InChI=1S/C28H32ClNO3.C25H27ClO3.C25H27ClO2.C25H25ClO2.C24H25ClO3/c1-19(31)27(33-28(2,3)4)26-22(18-30-13-15-32-16-14-30)17-21-7-5-6-8-24(21)25(26)20-9-11-23(29)12-10-20;1-16(27)24(29-25(2,3)4)23-19(15-28-5)14-18-8-6-7-9-21(18)22(23)17-10-12-20(26)13-11-17;2*1-6-17-15-19-9-7-8-10-21(19)22(18-11-13-20(26)14-12-18)23(17)24(16(2)27)28-25(3,4)5;1-15(27)23(28-24(2,3)4)22-18(14-26)13-17-7-5-6-8-20(17)21(22)16-9-11-19(25)12-10-16/h5-12,17,27H,13-16,18H2,1-4H3;6-14,24H,15H2,1-5H3;7-15,24H,6H2,1-5H3;6-15,24H,1H2,2-5H3;5-13,23,26H,14H2,1-4H3/t27-;3*24-;23-/m11111/s1. The summed E-state index contributed by atoms with van der Waals surface area (Å²) in [4.78, 5) is 66.2. The molecule has 1 saturated heterocycles. The van der Waals surface area contributed by atoms with Crippen LogP contribution in [0.5, 0.6) is 0 Å². The van der Waals surface area contributed by atoms with Gasteiger partial charge in [0.15, 0.2) is 28.9 Å². The van der Waals surface area contributed by atoms with Crippen LogP contribution >= 0.6 is 58.0 Å². The van der Waals surface area contributed by atoms with Crippen molar-refractivity contribution in [2.45, 2.75) is 230 Å². The molecule has 19 heteroatoms. The third kappa shape index (κ3) is 29.5. The fraction of sp³-hybridized carbons (Fsp3) is 0.315. The third-order valence-electron chi connectivity index (χ3n) is 24.6. The third-order valence-corrected chi connectivity index (χ3v) is 25.8. The lowest BCUT2D eigenvalue weighted by atomic mass is 9.85. The fourth-order valence-electron chi connectivity index (χ4n) is 18.7. The van der Waals surface area contributed by atoms with E-state index in [0.29, 0.717) is 42.8 Å². The molecule has 1 aliphatic heterocycles. The number of rotatable bonds is 27. The Balaban J connectivity index is 0.000000163. The van der Waals surface area contributed by atoms with Crippen molar-refractivity contribution in [2.24, 2.45) is 0 Å². The van der Waals surface area contributed by atoms with Crippen LogP contribution in [-0.4, -0.2) is 100 Å². The van der Waals surface area contributed by atoms with E-state index in [1.807, 2.05) is 298 Å². The van der Waals surface area contributed by atoms with Gasteiger partial charge in [-0.3, -0.25) is 28.9 Å². The van der Waals surface area contributed by atoms with Crippen LogP contribution in [0, 0.1) is 0 Å². The molecule has 16 rings (SSSR count). The molecular weight excluding hydrogens is 1920 g/mol. The highest BCUT2D eigenvalue weighted by Crippen LogP contribution is 2.49. The van der Waals surface area contributed by atoms with Crippen LogP contribution in [0.4, 0.5) is 0 Å². The Bertz CT molecular complexity index is 6990. The van der Waals surface area contributed by atoms with Crippen LogP contribution < -0.4 is 0 Å². The SMILES string of the molecule is C=Cc1cc2ccccc2c(-c2ccc(Cl)cc2)c1[C@H](OC(C)(C)C)C(C)=O.CC(=O)[C@@H](OC(C)(C)C)c1c(CN2CCOCC2)cc2ccccc2c1-c1ccc(Cl)cc1.CC(=O)[C@@H](OC(C)(C)C)c1c(CO)cc2ccccc2c1-c1ccc(Cl)cc1.CCc1cc2ccccc2c(-c2ccc(Cl)cc2)c1[C@H](OC(C)(C)C)C(C)=O.COCc1cc2ccccc2c(-c2ccc(Cl)cc2)c1[C@H](OC(C)(C)C)C(C)=O. The molecule has 0 aliphatic carbocycles. The number of carbonyl (C=O) groups is 5. The van der Waals surface area contributed by atoms with Gasteiger partial charge in [0.1, 0.15) is 30.5 Å². The summed E-state index contributed by atoms with van der Waals surface area (Å²) in [5, 5.41) is 24.3. The predicted octanol–water partition coefficient (Wildman–Crippen LogP) is 33.7. The van der Waals surface area contributed by atoms with E-state index in [1.165, 1.54) is 6.92 Å². The summed E-state index contributed by atoms with van der Waals surface area (Å²) in [6.45, 7) is 47.6. The smallest absolute Gasteiger partial charge is 0.163 e. The summed E-state index contributed by atoms with van der Waals surface area (Å²) in [6.07, 6.45) is -0.848. The average Bonchev–Trinajstić information content (AvgIpc) is 0.760. The Morgan fingerprint density at radius 1 is 0.336 bits per heavy atom. The molecule has 0 bridgehead atoms. The number of carbonyl (C=O) groups excluding carboxylic acids is 5. The summed E-state index contributed by atoms with van der Waals surface area (Å²) in [6, 6.07) is 90.0. The van der Waals surface area contributed by atoms with E-state index in [4.69, 9.17) is 91.2 Å². The molecule has 1 heterocycles. The summed E-state index contributed by atoms with van der Waals surface area (Å²) in [5.41, 5.74) is 16.6. The minimum atomic E-state index is -0.780. The number of ketones is 5. The molecule has 0 saturated carbocycles. The summed E-state index contributed by atoms with van der Waals surface area (Å²) in [7, 11) is 1.66. The van der Waals surface area contributed by atoms with E-state index in [0.717, 1.165) is 193 Å². The average molecular weight is 2060 g/mol. The van der Waals surface area contributed by atoms with Crippen molar-refractivity contribution in [2.75, 3.05) is 33.4 Å². The summed E-state index contributed by atoms with van der Waals surface area (Å²) in [5.74, 6) is -0.171. The number of ether oxygens (including phenoxy) is 7. The number of benzene rings is 15. The molecule has 0 amide bonds. The number of fused-ring (bicyclic) bond motifs is 5. The maximum atomic E-state index is 13.1. The van der Waals surface area contributed by atoms with E-state index in [1.54, 1.807) is 40.9 Å². The van der Waals surface area contributed by atoms with Crippen molar-refractivity contribution < 1.29 is 62.2 Å². The van der Waals surface area contributed by atoms with E-state index in [9.17, 15) is 29.1 Å². The molecule has 5 atom stereocenters. The van der Waals surface area contributed by atoms with Crippen molar-refractivity contribution in [1.82, 2.24) is 4.90 Å². The van der Waals surface area contributed by atoms with Crippen LogP contribution in [0.2, 0.25) is 25.1 Å². The Kier molecular flexibility index (Phi) is 38.7. The molecule has 1 N–H and O–H groups in total. The Morgan fingerprint density at radius 2 is 0.562 bits per heavy atom. The molecule has 0 unspecified atom stereocenters. The molecule has 146 heavy (non-hydrogen) atoms. The minimum Gasteiger partial charge on any atom is -0.392 e. The predicted molar refractivity (Wildman–Crippen MR) is 605 cm³/mol. The maximum absolute atomic E-state index is 13.1. The fourth-order valence-corrected chi connectivity index (χ4v) is 19.3. The van der Waals surface area contributed by atoms with Crippen molar-refractivity contribution >= 4 is 147 Å². The van der Waals surface area contributed by atoms with Crippen molar-refractivity contribution in [3.05, 3.63) is 360 Å². The normalized spacial score (nSPS) is 13.6. The van der Waals surface area contributed by atoms with Gasteiger partial charge in [0.2, 0.25) is 0 Å². The van der Waals surface area contributed by atoms with Gasteiger partial charge in [-0.2, -0.15) is 0 Å². The van der Waals surface area contributed by atoms with Gasteiger partial charge in [-0.05, 0) is 373 Å². The van der Waals surface area contributed by atoms with Crippen LogP contribution in [0.1, 0.15) is 232 Å². The second-order valence-corrected chi connectivity index (χ2v) is 44.0. The number of methoxy groups -OCH3 is 1. The minimum absolute atomic E-state index is 0.00125. The van der Waals surface area contributed by atoms with Crippen LogP contribution in [-0.2, 0) is 83.3 Å². The molecular formula is C127H136Cl5NO13. The lowest BCUT2D eigenvalue weighted by molar-refractivity contribution is -0.139. The first-order valence-corrected chi connectivity index (χ1v) is 51.4. The molecule has 15 aromatic carbocycles. The highest BCUT2D eigenvalue weighted by atomic mass is 35.5. The molecule has 1 fully saturated rings. The second-order valence-electron chi connectivity index (χ2n) is 41.8. The first-order valence-electron chi connectivity index (χ1n) is 49.5. The van der Waals surface area contributed by atoms with Crippen molar-refractivity contribution in [1.29, 1.82) is 0 Å². The van der Waals surface area contributed by atoms with Gasteiger partial charge in [0, 0.05) is 74.1 Å². The van der Waals surface area contributed by atoms with Crippen molar-refractivity contribution in [3.8, 4) is 55.6 Å². The number of nitrogens with zero attached hydrogens (tertiary/aromatic N) is 1. The number of aryl methyl sites for hydroxylation is 1. The first-order chi connectivity index (χ1) is 69.1. The van der Waals surface area contributed by atoms with Gasteiger partial charge in [-0.25, -0.2) is 0 Å². The largest absolute Gasteiger partial charge is 0.392 e. The van der Waals surface area contributed by atoms with Crippen LogP contribution in [0.15, 0.2) is 280 Å². The van der Waals surface area contributed by atoms with E-state index in [2.05, 4.69) is 97.3 Å². The Labute approximate surface area is 887 Å². The lowest BCUT2D eigenvalue weighted by Crippen LogP contribution is -2.36. The van der Waals surface area contributed by atoms with Crippen molar-refractivity contribution in [3.63, 3.8) is 0 Å². The number of hydrogen-bond donors (Lipinski definition) is 1. The first kappa shape index (κ1) is 114. The van der Waals surface area contributed by atoms with Crippen LogP contribution in [0.25, 0.3) is 116 Å². The van der Waals surface area contributed by atoms with Gasteiger partial charge in [-0.15, -0.1) is 0 Å². The van der Waals surface area contributed by atoms with Gasteiger partial charge >= 0.3 is 0 Å². The summed E-state index contributed by atoms with van der Waals surface area (Å²) < 4.78 is 42.5. The number of hydrogen-bond acceptors (Lipinski definition) is 14. The number of aliphatic hydroxyl groups is 1. The number of Topliss-reactive ketones (excluding diaryl/α,β-unsaturated/α-hetero) is 5. The number of aliphatic hydroxyl groups excluding tert-OH is 1. The molecule has 1 aliphatic rings. The highest BCUT2D eigenvalue weighted by molar-refractivity contribution is 6.32. The number of morpholine rings is 1. The quantitative estimate of drug-likeness (QED) is 0.0515. The maximum Gasteiger partial charge on any atom is 0.163 e. The molecule has 15 aromatic rings. The monoisotopic (exact) mass is 2060 g/mol. The van der Waals surface area contributed by atoms with Crippen LogP contribution in [0.3, 0.4) is 0 Å². The van der Waals surface area contributed by atoms with E-state index in [-0.39, 0.29) is 35.5 Å². The molecule has 14 nitrogen and oxygen atoms in total. The highest BCUT2D eigenvalue weighted by Gasteiger charge is 2.38. The topological polar surface area (TPSA) is 173 Å². The van der Waals surface area contributed by atoms with Gasteiger partial charge < -0.3 is 38.3 Å². The zero-order valence-electron chi connectivity index (χ0n) is 88.0. The molecule has 0 spiro atoms. The number of halogens is 5. The Hall–Kier alpha value is -11.2. The van der Waals surface area contributed by atoms with Gasteiger partial charge in [0.05, 0.1) is 54.4 Å². The molecule has 0 radical (unpaired) electrons. The zero-order valence-corrected chi connectivity index (χ0v) is 91.8. The van der Waals surface area contributed by atoms with E-state index >= 15 is 0 Å². The Morgan fingerprint density at radius 3 is 0.815 bits per heavy atom. The summed E-state index contributed by atoms with van der Waals surface area (Å²) >= 11 is 30.7. The molecule has 762 valence electrons. The second kappa shape index (κ2) is 49.7. The lowest BCUT2D eigenvalue weighted by Gasteiger charge is -2.32. The van der Waals surface area contributed by atoms with Gasteiger partial charge in [0.25, 0.3) is 0 Å². The van der Waals surface area contributed by atoms with Gasteiger partial charge in [-0.1, -0.05) is 266 Å². The molecule has 0 aromatic heterocycles.